The molecule has 8 nitrogen and oxygen atoms in total. The van der Waals surface area contributed by atoms with E-state index in [0.717, 1.165) is 16.7 Å². The number of sulfonamides is 1. The fraction of sp³-hybridized carbons (Fsp3) is 0.360. The molecule has 1 aliphatic heterocycles. The number of rotatable bonds is 7. The number of nitrogens with zero attached hydrogens (tertiary/aromatic N) is 4. The SMILES string of the molecule is CCN(CC(=O)N1CCN(S(=O)(=O)c2ccccc2C#N)CC1)C(C)c1cc2ccccc2o1. The number of furan rings is 1. The average Bonchev–Trinajstić information content (AvgIpc) is 3.31. The van der Waals surface area contributed by atoms with E-state index in [-0.39, 0.29) is 42.0 Å². The van der Waals surface area contributed by atoms with Crippen molar-refractivity contribution in [3.05, 3.63) is 65.9 Å². The van der Waals surface area contributed by atoms with Crippen LogP contribution in [0.4, 0.5) is 0 Å². The molecule has 4 rings (SSSR count). The molecule has 178 valence electrons. The van der Waals surface area contributed by atoms with E-state index in [1.807, 2.05) is 55.1 Å². The summed E-state index contributed by atoms with van der Waals surface area (Å²) < 4.78 is 33.4. The lowest BCUT2D eigenvalue weighted by Crippen LogP contribution is -2.52. The van der Waals surface area contributed by atoms with E-state index in [4.69, 9.17) is 4.42 Å². The van der Waals surface area contributed by atoms with Crippen molar-refractivity contribution in [1.29, 1.82) is 5.26 Å². The van der Waals surface area contributed by atoms with Gasteiger partial charge < -0.3 is 9.32 Å². The van der Waals surface area contributed by atoms with Crippen molar-refractivity contribution < 1.29 is 17.6 Å². The summed E-state index contributed by atoms with van der Waals surface area (Å²) in [5.41, 5.74) is 0.946. The summed E-state index contributed by atoms with van der Waals surface area (Å²) in [7, 11) is -3.79. The number of likely N-dealkylation sites (N-methyl/N-ethyl adjacent to an activating group) is 1. The minimum atomic E-state index is -3.79. The number of nitriles is 1. The van der Waals surface area contributed by atoms with E-state index in [1.165, 1.54) is 16.4 Å². The Bertz CT molecular complexity index is 1290. The van der Waals surface area contributed by atoms with Crippen LogP contribution in [0.5, 0.6) is 0 Å². The number of benzene rings is 2. The van der Waals surface area contributed by atoms with Crippen LogP contribution >= 0.6 is 0 Å². The molecular formula is C25H28N4O4S. The molecule has 2 aromatic carbocycles. The lowest BCUT2D eigenvalue weighted by atomic mass is 10.2. The molecule has 2 heterocycles. The molecule has 34 heavy (non-hydrogen) atoms. The predicted molar refractivity (Wildman–Crippen MR) is 128 cm³/mol. The Hall–Kier alpha value is -3.19. The number of carbonyl (C=O) groups is 1. The molecule has 0 saturated carbocycles. The number of para-hydroxylation sites is 1. The molecule has 1 aliphatic rings. The monoisotopic (exact) mass is 480 g/mol. The van der Waals surface area contributed by atoms with Gasteiger partial charge in [0.25, 0.3) is 0 Å². The molecule has 0 aliphatic carbocycles. The second-order valence-corrected chi connectivity index (χ2v) is 10.2. The highest BCUT2D eigenvalue weighted by atomic mass is 32.2. The largest absolute Gasteiger partial charge is 0.459 e. The van der Waals surface area contributed by atoms with Crippen molar-refractivity contribution in [2.75, 3.05) is 39.3 Å². The fourth-order valence-corrected chi connectivity index (χ4v) is 5.85. The molecule has 3 aromatic rings. The van der Waals surface area contributed by atoms with Crippen LogP contribution in [0.15, 0.2) is 63.9 Å². The van der Waals surface area contributed by atoms with Crippen molar-refractivity contribution in [2.45, 2.75) is 24.8 Å². The Morgan fingerprint density at radius 3 is 2.47 bits per heavy atom. The van der Waals surface area contributed by atoms with Gasteiger partial charge in [0.05, 0.1) is 23.0 Å². The van der Waals surface area contributed by atoms with Crippen LogP contribution in [0.2, 0.25) is 0 Å². The van der Waals surface area contributed by atoms with E-state index in [1.54, 1.807) is 17.0 Å². The summed E-state index contributed by atoms with van der Waals surface area (Å²) in [6, 6.07) is 17.9. The number of hydrogen-bond donors (Lipinski definition) is 0. The minimum Gasteiger partial charge on any atom is -0.459 e. The second-order valence-electron chi connectivity index (χ2n) is 8.32. The van der Waals surface area contributed by atoms with E-state index >= 15 is 0 Å². The molecule has 1 atom stereocenters. The summed E-state index contributed by atoms with van der Waals surface area (Å²) in [5.74, 6) is 0.766. The maximum Gasteiger partial charge on any atom is 0.244 e. The summed E-state index contributed by atoms with van der Waals surface area (Å²) in [6.45, 7) is 5.92. The average molecular weight is 481 g/mol. The van der Waals surface area contributed by atoms with E-state index < -0.39 is 10.0 Å². The van der Waals surface area contributed by atoms with Gasteiger partial charge in [-0.05, 0) is 37.7 Å². The van der Waals surface area contributed by atoms with Gasteiger partial charge in [-0.25, -0.2) is 8.42 Å². The second kappa shape index (κ2) is 9.97. The first-order valence-corrected chi connectivity index (χ1v) is 12.8. The first kappa shape index (κ1) is 24.0. The number of carbonyl (C=O) groups excluding carboxylic acids is 1. The van der Waals surface area contributed by atoms with Crippen molar-refractivity contribution in [3.63, 3.8) is 0 Å². The van der Waals surface area contributed by atoms with Crippen molar-refractivity contribution >= 4 is 26.9 Å². The smallest absolute Gasteiger partial charge is 0.244 e. The Morgan fingerprint density at radius 2 is 1.79 bits per heavy atom. The predicted octanol–water partition coefficient (Wildman–Crippen LogP) is 3.22. The molecular weight excluding hydrogens is 452 g/mol. The Labute approximate surface area is 200 Å². The van der Waals surface area contributed by atoms with Crippen LogP contribution in [-0.4, -0.2) is 67.7 Å². The molecule has 1 aromatic heterocycles. The van der Waals surface area contributed by atoms with Gasteiger partial charge in [0.15, 0.2) is 0 Å². The lowest BCUT2D eigenvalue weighted by molar-refractivity contribution is -0.134. The molecule has 0 radical (unpaired) electrons. The Kier molecular flexibility index (Phi) is 7.03. The minimum absolute atomic E-state index is 0.00842. The van der Waals surface area contributed by atoms with Gasteiger partial charge in [0.1, 0.15) is 17.4 Å². The number of piperazine rings is 1. The van der Waals surface area contributed by atoms with E-state index in [0.29, 0.717) is 19.6 Å². The van der Waals surface area contributed by atoms with Crippen LogP contribution in [-0.2, 0) is 14.8 Å². The zero-order valence-corrected chi connectivity index (χ0v) is 20.2. The third kappa shape index (κ3) is 4.71. The zero-order valence-electron chi connectivity index (χ0n) is 19.3. The summed E-state index contributed by atoms with van der Waals surface area (Å²) >= 11 is 0. The topological polar surface area (TPSA) is 97.9 Å². The summed E-state index contributed by atoms with van der Waals surface area (Å²) in [5, 5.41) is 10.3. The van der Waals surface area contributed by atoms with Crippen molar-refractivity contribution in [2.24, 2.45) is 0 Å². The highest BCUT2D eigenvalue weighted by Gasteiger charge is 2.32. The standard InChI is InChI=1S/C25H28N4O4S/c1-3-27(19(2)23-16-20-8-4-6-10-22(20)33-23)18-25(30)28-12-14-29(15-13-28)34(31,32)24-11-7-5-9-21(24)17-26/h4-11,16,19H,3,12-15,18H2,1-2H3. The summed E-state index contributed by atoms with van der Waals surface area (Å²) in [4.78, 5) is 16.8. The van der Waals surface area contributed by atoms with Gasteiger partial charge in [-0.3, -0.25) is 9.69 Å². The lowest BCUT2D eigenvalue weighted by Gasteiger charge is -2.36. The molecule has 9 heteroatoms. The highest BCUT2D eigenvalue weighted by molar-refractivity contribution is 7.89. The van der Waals surface area contributed by atoms with Crippen molar-refractivity contribution in [1.82, 2.24) is 14.1 Å². The summed E-state index contributed by atoms with van der Waals surface area (Å²) in [6.07, 6.45) is 0. The Morgan fingerprint density at radius 1 is 1.12 bits per heavy atom. The van der Waals surface area contributed by atoms with Crippen LogP contribution in [0.1, 0.15) is 31.2 Å². The van der Waals surface area contributed by atoms with Crippen LogP contribution < -0.4 is 0 Å². The van der Waals surface area contributed by atoms with Gasteiger partial charge in [-0.1, -0.05) is 37.3 Å². The fourth-order valence-electron chi connectivity index (χ4n) is 4.29. The van der Waals surface area contributed by atoms with E-state index in [2.05, 4.69) is 0 Å². The number of amides is 1. The molecule has 1 fully saturated rings. The quantitative estimate of drug-likeness (QED) is 0.515. The molecule has 1 amide bonds. The van der Waals surface area contributed by atoms with Gasteiger partial charge in [0, 0.05) is 31.6 Å². The Balaban J connectivity index is 1.39. The third-order valence-corrected chi connectivity index (χ3v) is 8.32. The first-order valence-electron chi connectivity index (χ1n) is 11.3. The van der Waals surface area contributed by atoms with Crippen molar-refractivity contribution in [3.8, 4) is 6.07 Å². The number of hydrogen-bond acceptors (Lipinski definition) is 6. The highest BCUT2D eigenvalue weighted by Crippen LogP contribution is 2.27. The number of fused-ring (bicyclic) bond motifs is 1. The zero-order chi connectivity index (χ0) is 24.3. The van der Waals surface area contributed by atoms with E-state index in [9.17, 15) is 18.5 Å². The first-order chi connectivity index (χ1) is 16.3. The van der Waals surface area contributed by atoms with Gasteiger partial charge in [0.2, 0.25) is 15.9 Å². The van der Waals surface area contributed by atoms with Gasteiger partial charge >= 0.3 is 0 Å². The molecule has 0 spiro atoms. The molecule has 0 N–H and O–H groups in total. The van der Waals surface area contributed by atoms with Crippen LogP contribution in [0.25, 0.3) is 11.0 Å². The van der Waals surface area contributed by atoms with Gasteiger partial charge in [-0.15, -0.1) is 0 Å². The third-order valence-electron chi connectivity index (χ3n) is 6.37. The molecule has 0 bridgehead atoms. The van der Waals surface area contributed by atoms with Crippen LogP contribution in [0.3, 0.4) is 0 Å². The molecule has 1 saturated heterocycles. The maximum atomic E-state index is 13.0. The van der Waals surface area contributed by atoms with Crippen LogP contribution in [0, 0.1) is 11.3 Å². The molecule has 1 unspecified atom stereocenters. The van der Waals surface area contributed by atoms with Gasteiger partial charge in [-0.2, -0.15) is 9.57 Å². The maximum absolute atomic E-state index is 13.0. The normalized spacial score (nSPS) is 16.0.